The first-order valence-electron chi connectivity index (χ1n) is 12.5. The van der Waals surface area contributed by atoms with Crippen LogP contribution in [-0.2, 0) is 0 Å². The van der Waals surface area contributed by atoms with Crippen LogP contribution in [-0.4, -0.2) is 18.7 Å². The molecule has 4 nitrogen and oxygen atoms in total. The first-order chi connectivity index (χ1) is 16.1. The summed E-state index contributed by atoms with van der Waals surface area (Å²) >= 11 is 0. The van der Waals surface area contributed by atoms with Gasteiger partial charge in [-0.1, -0.05) is 45.3 Å². The topological polar surface area (TPSA) is 44.8 Å². The summed E-state index contributed by atoms with van der Waals surface area (Å²) in [6, 6.07) is 14.3. The molecule has 4 heteroatoms. The van der Waals surface area contributed by atoms with Gasteiger partial charge in [0, 0.05) is 0 Å². The van der Waals surface area contributed by atoms with Crippen LogP contribution in [0.1, 0.15) is 88.9 Å². The van der Waals surface area contributed by atoms with Crippen LogP contribution >= 0.6 is 0 Å². The molecule has 0 aliphatic carbocycles. The van der Waals surface area contributed by atoms with Crippen molar-refractivity contribution < 1.29 is 19.0 Å². The van der Waals surface area contributed by atoms with E-state index in [1.54, 1.807) is 24.3 Å². The van der Waals surface area contributed by atoms with E-state index in [-0.39, 0.29) is 12.1 Å². The number of benzene rings is 2. The Morgan fingerprint density at radius 1 is 0.818 bits per heavy atom. The fraction of sp³-hybridized carbons (Fsp3) is 0.483. The number of carbonyl (C=O) groups is 1. The molecule has 2 aromatic rings. The van der Waals surface area contributed by atoms with Crippen LogP contribution < -0.4 is 14.2 Å². The maximum absolute atomic E-state index is 12.5. The van der Waals surface area contributed by atoms with Crippen LogP contribution in [0.25, 0.3) is 0 Å². The molecule has 0 heterocycles. The Hall–Kier alpha value is -2.75. The van der Waals surface area contributed by atoms with Crippen molar-refractivity contribution in [2.45, 2.75) is 84.7 Å². The number of rotatable bonds is 16. The molecule has 2 rings (SSSR count). The maximum atomic E-state index is 12.5. The van der Waals surface area contributed by atoms with Crippen molar-refractivity contribution in [2.24, 2.45) is 0 Å². The van der Waals surface area contributed by atoms with Crippen LogP contribution in [0.3, 0.4) is 0 Å². The highest BCUT2D eigenvalue weighted by atomic mass is 16.5. The summed E-state index contributed by atoms with van der Waals surface area (Å²) in [6.07, 6.45) is 14.9. The van der Waals surface area contributed by atoms with Crippen molar-refractivity contribution in [3.05, 3.63) is 66.2 Å². The van der Waals surface area contributed by atoms with E-state index in [2.05, 4.69) is 32.9 Å². The average Bonchev–Trinajstić information content (AvgIpc) is 2.83. The van der Waals surface area contributed by atoms with Gasteiger partial charge in [0.25, 0.3) is 0 Å². The van der Waals surface area contributed by atoms with Gasteiger partial charge >= 0.3 is 5.97 Å². The predicted octanol–water partition coefficient (Wildman–Crippen LogP) is 8.16. The second-order valence-corrected chi connectivity index (χ2v) is 8.39. The molecule has 0 saturated heterocycles. The van der Waals surface area contributed by atoms with Gasteiger partial charge in [0.2, 0.25) is 0 Å². The largest absolute Gasteiger partial charge is 0.494 e. The molecular weight excluding hydrogens is 412 g/mol. The van der Waals surface area contributed by atoms with Crippen molar-refractivity contribution in [1.29, 1.82) is 0 Å². The van der Waals surface area contributed by atoms with Gasteiger partial charge < -0.3 is 14.2 Å². The summed E-state index contributed by atoms with van der Waals surface area (Å²) in [7, 11) is 0. The standard InChI is InChI=1S/C29H40O4/c1-4-6-8-10-11-13-23-31-26-19-21-28(22-20-26)33-29(30)25-15-17-27(18-16-25)32-24(3)14-12-9-7-5-2/h6,8,15-22,24H,4-5,7,9-14,23H2,1-3H3/b8-6-/t24-/m0/s1. The summed E-state index contributed by atoms with van der Waals surface area (Å²) in [5.41, 5.74) is 0.496. The van der Waals surface area contributed by atoms with E-state index in [4.69, 9.17) is 14.2 Å². The monoisotopic (exact) mass is 452 g/mol. The minimum absolute atomic E-state index is 0.165. The molecular formula is C29H40O4. The molecule has 33 heavy (non-hydrogen) atoms. The molecule has 0 radical (unpaired) electrons. The highest BCUT2D eigenvalue weighted by molar-refractivity contribution is 5.91. The molecule has 0 spiro atoms. The van der Waals surface area contributed by atoms with Crippen LogP contribution in [0.2, 0.25) is 0 Å². The Labute approximate surface area is 200 Å². The first-order valence-corrected chi connectivity index (χ1v) is 12.5. The quantitative estimate of drug-likeness (QED) is 0.111. The van der Waals surface area contributed by atoms with Crippen molar-refractivity contribution in [2.75, 3.05) is 6.61 Å². The first kappa shape index (κ1) is 26.5. The summed E-state index contributed by atoms with van der Waals surface area (Å²) in [5, 5.41) is 0. The van der Waals surface area contributed by atoms with E-state index in [1.165, 1.54) is 25.7 Å². The third-order valence-corrected chi connectivity index (χ3v) is 5.36. The number of unbranched alkanes of at least 4 members (excludes halogenated alkanes) is 5. The van der Waals surface area contributed by atoms with E-state index in [0.29, 0.717) is 17.9 Å². The van der Waals surface area contributed by atoms with Crippen LogP contribution in [0.4, 0.5) is 0 Å². The Bertz CT molecular complexity index is 809. The van der Waals surface area contributed by atoms with Gasteiger partial charge in [0.15, 0.2) is 0 Å². The number of ether oxygens (including phenoxy) is 3. The van der Waals surface area contributed by atoms with Crippen molar-refractivity contribution in [3.63, 3.8) is 0 Å². The van der Waals surface area contributed by atoms with Gasteiger partial charge in [-0.2, -0.15) is 0 Å². The Morgan fingerprint density at radius 2 is 1.52 bits per heavy atom. The molecule has 0 unspecified atom stereocenters. The lowest BCUT2D eigenvalue weighted by Gasteiger charge is -2.14. The lowest BCUT2D eigenvalue weighted by molar-refractivity contribution is 0.0734. The van der Waals surface area contributed by atoms with E-state index in [1.807, 2.05) is 24.3 Å². The maximum Gasteiger partial charge on any atom is 0.343 e. The molecule has 0 aliphatic rings. The van der Waals surface area contributed by atoms with Gasteiger partial charge in [-0.3, -0.25) is 0 Å². The second kappa shape index (κ2) is 16.0. The summed E-state index contributed by atoms with van der Waals surface area (Å²) in [6.45, 7) is 7.13. The summed E-state index contributed by atoms with van der Waals surface area (Å²) < 4.78 is 17.2. The van der Waals surface area contributed by atoms with Crippen LogP contribution in [0.5, 0.6) is 17.2 Å². The van der Waals surface area contributed by atoms with Crippen molar-refractivity contribution in [3.8, 4) is 17.2 Å². The van der Waals surface area contributed by atoms with Crippen molar-refractivity contribution >= 4 is 5.97 Å². The van der Waals surface area contributed by atoms with Crippen molar-refractivity contribution in [1.82, 2.24) is 0 Å². The summed E-state index contributed by atoms with van der Waals surface area (Å²) in [5.74, 6) is 1.67. The zero-order chi connectivity index (χ0) is 23.7. The molecule has 1 atom stereocenters. The van der Waals surface area contributed by atoms with Gasteiger partial charge in [-0.25, -0.2) is 4.79 Å². The SMILES string of the molecule is CC/C=C\CCCCOc1ccc(OC(=O)c2ccc(O[C@@H](C)CCCCCC)cc2)cc1. The zero-order valence-electron chi connectivity index (χ0n) is 20.6. The number of hydrogen-bond acceptors (Lipinski definition) is 4. The molecule has 0 bridgehead atoms. The van der Waals surface area contributed by atoms with E-state index in [0.717, 1.165) is 43.6 Å². The highest BCUT2D eigenvalue weighted by Crippen LogP contribution is 2.21. The lowest BCUT2D eigenvalue weighted by Crippen LogP contribution is -2.12. The predicted molar refractivity (Wildman–Crippen MR) is 135 cm³/mol. The molecule has 0 aromatic heterocycles. The van der Waals surface area contributed by atoms with Gasteiger partial charge in [0.1, 0.15) is 17.2 Å². The average molecular weight is 453 g/mol. The van der Waals surface area contributed by atoms with Gasteiger partial charge in [-0.05, 0) is 94.0 Å². The molecule has 2 aromatic carbocycles. The molecule has 0 aliphatic heterocycles. The Balaban J connectivity index is 1.72. The normalized spacial score (nSPS) is 12.0. The van der Waals surface area contributed by atoms with E-state index < -0.39 is 0 Å². The third-order valence-electron chi connectivity index (χ3n) is 5.36. The Kier molecular flexibility index (Phi) is 12.8. The number of esters is 1. The van der Waals surface area contributed by atoms with E-state index >= 15 is 0 Å². The lowest BCUT2D eigenvalue weighted by atomic mass is 10.1. The molecule has 0 saturated carbocycles. The van der Waals surface area contributed by atoms with Gasteiger partial charge in [-0.15, -0.1) is 0 Å². The molecule has 180 valence electrons. The fourth-order valence-corrected chi connectivity index (χ4v) is 3.43. The molecule has 0 fully saturated rings. The van der Waals surface area contributed by atoms with Gasteiger partial charge in [0.05, 0.1) is 18.3 Å². The number of allylic oxidation sites excluding steroid dienone is 2. The molecule has 0 amide bonds. The number of hydrogen-bond donors (Lipinski definition) is 0. The summed E-state index contributed by atoms with van der Waals surface area (Å²) in [4.78, 5) is 12.5. The van der Waals surface area contributed by atoms with E-state index in [9.17, 15) is 4.79 Å². The Morgan fingerprint density at radius 3 is 2.21 bits per heavy atom. The minimum atomic E-state index is -0.386. The minimum Gasteiger partial charge on any atom is -0.494 e. The second-order valence-electron chi connectivity index (χ2n) is 8.39. The molecule has 0 N–H and O–H groups in total. The number of carbonyl (C=O) groups excluding carboxylic acids is 1. The zero-order valence-corrected chi connectivity index (χ0v) is 20.6. The van der Waals surface area contributed by atoms with Crippen LogP contribution in [0.15, 0.2) is 60.7 Å². The fourth-order valence-electron chi connectivity index (χ4n) is 3.43. The highest BCUT2D eigenvalue weighted by Gasteiger charge is 2.10. The van der Waals surface area contributed by atoms with Crippen LogP contribution in [0, 0.1) is 0 Å². The third kappa shape index (κ3) is 11.1. The smallest absolute Gasteiger partial charge is 0.343 e.